The average molecular weight is 252 g/mol. The molecule has 2 aromatic rings. The summed E-state index contributed by atoms with van der Waals surface area (Å²) in [4.78, 5) is 0. The summed E-state index contributed by atoms with van der Waals surface area (Å²) >= 11 is 5.90. The van der Waals surface area contributed by atoms with Crippen LogP contribution in [0.15, 0.2) is 18.2 Å². The summed E-state index contributed by atoms with van der Waals surface area (Å²) in [7, 11) is 0. The first-order valence-electron chi connectivity index (χ1n) is 5.49. The molecule has 17 heavy (non-hydrogen) atoms. The normalized spacial score (nSPS) is 16.2. The Morgan fingerprint density at radius 3 is 3.00 bits per heavy atom. The lowest BCUT2D eigenvalue weighted by molar-refractivity contribution is 0.630. The van der Waals surface area contributed by atoms with Gasteiger partial charge in [-0.3, -0.25) is 5.10 Å². The van der Waals surface area contributed by atoms with E-state index in [0.29, 0.717) is 5.52 Å². The van der Waals surface area contributed by atoms with E-state index in [1.165, 1.54) is 6.07 Å². The number of fused-ring (bicyclic) bond motifs is 1. The van der Waals surface area contributed by atoms with Crippen molar-refractivity contribution in [3.63, 3.8) is 0 Å². The van der Waals surface area contributed by atoms with Gasteiger partial charge in [-0.1, -0.05) is 17.7 Å². The molecule has 3 rings (SSSR count). The van der Waals surface area contributed by atoms with Crippen molar-refractivity contribution in [2.75, 3.05) is 13.1 Å². The Balaban J connectivity index is 2.18. The number of nitrogens with zero attached hydrogens (tertiary/aromatic N) is 1. The lowest BCUT2D eigenvalue weighted by Crippen LogP contribution is -2.21. The highest BCUT2D eigenvalue weighted by atomic mass is 35.5. The second-order valence-corrected chi connectivity index (χ2v) is 4.43. The molecule has 5 heteroatoms. The highest BCUT2D eigenvalue weighted by molar-refractivity contribution is 6.35. The molecule has 1 aliphatic heterocycles. The van der Waals surface area contributed by atoms with Crippen molar-refractivity contribution in [2.45, 2.75) is 6.42 Å². The monoisotopic (exact) mass is 251 g/mol. The molecule has 2 heterocycles. The van der Waals surface area contributed by atoms with Crippen molar-refractivity contribution < 1.29 is 4.39 Å². The molecule has 0 radical (unpaired) electrons. The third-order valence-electron chi connectivity index (χ3n) is 2.96. The van der Waals surface area contributed by atoms with E-state index < -0.39 is 5.82 Å². The summed E-state index contributed by atoms with van der Waals surface area (Å²) in [6.45, 7) is 1.77. The predicted molar refractivity (Wildman–Crippen MR) is 66.5 cm³/mol. The minimum absolute atomic E-state index is 0.102. The largest absolute Gasteiger partial charge is 0.312 e. The van der Waals surface area contributed by atoms with Crippen LogP contribution in [0.3, 0.4) is 0 Å². The summed E-state index contributed by atoms with van der Waals surface area (Å²) in [6.07, 6.45) is 3.14. The van der Waals surface area contributed by atoms with Crippen LogP contribution in [0.5, 0.6) is 0 Å². The van der Waals surface area contributed by atoms with Crippen molar-refractivity contribution in [3.8, 4) is 0 Å². The van der Waals surface area contributed by atoms with Crippen molar-refractivity contribution in [1.82, 2.24) is 15.5 Å². The van der Waals surface area contributed by atoms with Gasteiger partial charge >= 0.3 is 0 Å². The van der Waals surface area contributed by atoms with E-state index in [0.717, 1.165) is 36.2 Å². The van der Waals surface area contributed by atoms with Gasteiger partial charge in [0.05, 0.1) is 11.2 Å². The van der Waals surface area contributed by atoms with E-state index >= 15 is 0 Å². The molecule has 3 nitrogen and oxygen atoms in total. The first-order chi connectivity index (χ1) is 8.27. The van der Waals surface area contributed by atoms with Gasteiger partial charge in [0.1, 0.15) is 10.8 Å². The Labute approximate surface area is 103 Å². The Morgan fingerprint density at radius 2 is 2.24 bits per heavy atom. The molecule has 0 unspecified atom stereocenters. The molecule has 2 N–H and O–H groups in total. The van der Waals surface area contributed by atoms with Gasteiger partial charge in [0.15, 0.2) is 0 Å². The van der Waals surface area contributed by atoms with Crippen LogP contribution in [0.1, 0.15) is 12.1 Å². The number of hydrogen-bond acceptors (Lipinski definition) is 2. The van der Waals surface area contributed by atoms with Crippen LogP contribution in [0.2, 0.25) is 5.02 Å². The zero-order valence-corrected chi connectivity index (χ0v) is 9.81. The molecule has 0 spiro atoms. The van der Waals surface area contributed by atoms with E-state index in [2.05, 4.69) is 21.6 Å². The number of benzene rings is 1. The maximum Gasteiger partial charge on any atom is 0.144 e. The number of rotatable bonds is 1. The van der Waals surface area contributed by atoms with Crippen LogP contribution >= 0.6 is 11.6 Å². The molecule has 0 aliphatic carbocycles. The molecule has 0 fully saturated rings. The molecule has 88 valence electrons. The summed E-state index contributed by atoms with van der Waals surface area (Å²) in [6, 6.07) is 3.09. The number of aromatic nitrogens is 2. The molecule has 0 saturated carbocycles. The maximum absolute atomic E-state index is 13.3. The minimum atomic E-state index is -0.426. The van der Waals surface area contributed by atoms with Crippen LogP contribution in [0.4, 0.5) is 4.39 Å². The van der Waals surface area contributed by atoms with Gasteiger partial charge in [-0.15, -0.1) is 0 Å². The Morgan fingerprint density at radius 1 is 1.35 bits per heavy atom. The van der Waals surface area contributed by atoms with Crippen molar-refractivity contribution in [1.29, 1.82) is 0 Å². The van der Waals surface area contributed by atoms with Crippen LogP contribution in [-0.2, 0) is 0 Å². The van der Waals surface area contributed by atoms with E-state index in [4.69, 9.17) is 11.6 Å². The number of nitrogens with one attached hydrogen (secondary N) is 2. The molecule has 1 aliphatic rings. The third kappa shape index (κ3) is 1.73. The average Bonchev–Trinajstić information content (AvgIpc) is 2.79. The quantitative estimate of drug-likeness (QED) is 0.818. The Hall–Kier alpha value is -1.39. The number of halogens is 2. The summed E-state index contributed by atoms with van der Waals surface area (Å²) < 4.78 is 13.3. The van der Waals surface area contributed by atoms with Crippen molar-refractivity contribution in [3.05, 3.63) is 34.7 Å². The maximum atomic E-state index is 13.3. The van der Waals surface area contributed by atoms with Crippen LogP contribution in [-0.4, -0.2) is 23.3 Å². The standard InChI is InChI=1S/C12H11ClFN3/c13-10-9(14)4-3-8-11(16-17-12(8)10)7-2-1-5-15-6-7/h2-4,15H,1,5-6H2,(H,16,17). The topological polar surface area (TPSA) is 40.7 Å². The van der Waals surface area contributed by atoms with E-state index in [-0.39, 0.29) is 5.02 Å². The second kappa shape index (κ2) is 4.13. The minimum Gasteiger partial charge on any atom is -0.312 e. The zero-order valence-electron chi connectivity index (χ0n) is 9.06. The zero-order chi connectivity index (χ0) is 11.8. The van der Waals surface area contributed by atoms with Crippen molar-refractivity contribution in [2.24, 2.45) is 0 Å². The lowest BCUT2D eigenvalue weighted by atomic mass is 10.0. The van der Waals surface area contributed by atoms with Crippen LogP contribution in [0.25, 0.3) is 16.5 Å². The molecule has 1 aromatic carbocycles. The van der Waals surface area contributed by atoms with Gasteiger partial charge in [-0.2, -0.15) is 5.10 Å². The van der Waals surface area contributed by atoms with Crippen molar-refractivity contribution >= 4 is 28.1 Å². The Bertz CT molecular complexity index is 603. The van der Waals surface area contributed by atoms with E-state index in [9.17, 15) is 4.39 Å². The molecule has 0 atom stereocenters. The smallest absolute Gasteiger partial charge is 0.144 e. The first kappa shape index (κ1) is 10.7. The summed E-state index contributed by atoms with van der Waals surface area (Å²) in [5, 5.41) is 11.3. The molecular formula is C12H11ClFN3. The molecule has 1 aromatic heterocycles. The van der Waals surface area contributed by atoms with Crippen LogP contribution < -0.4 is 5.32 Å². The van der Waals surface area contributed by atoms with Gasteiger partial charge in [0, 0.05) is 11.9 Å². The van der Waals surface area contributed by atoms with Gasteiger partial charge in [-0.25, -0.2) is 4.39 Å². The second-order valence-electron chi connectivity index (χ2n) is 4.05. The number of hydrogen-bond donors (Lipinski definition) is 2. The summed E-state index contributed by atoms with van der Waals surface area (Å²) in [5.41, 5.74) is 2.55. The van der Waals surface area contributed by atoms with Gasteiger partial charge in [0.2, 0.25) is 0 Å². The van der Waals surface area contributed by atoms with Gasteiger partial charge in [-0.05, 0) is 30.7 Å². The SMILES string of the molecule is Fc1ccc2c(C3=CCCNC3)n[nH]c2c1Cl. The molecule has 0 bridgehead atoms. The molecular weight excluding hydrogens is 241 g/mol. The third-order valence-corrected chi connectivity index (χ3v) is 3.33. The Kier molecular flexibility index (Phi) is 2.61. The van der Waals surface area contributed by atoms with E-state index in [1.807, 2.05) is 0 Å². The number of H-pyrrole nitrogens is 1. The highest BCUT2D eigenvalue weighted by Gasteiger charge is 2.15. The molecule has 0 amide bonds. The lowest BCUT2D eigenvalue weighted by Gasteiger charge is -2.12. The highest BCUT2D eigenvalue weighted by Crippen LogP contribution is 2.30. The molecule has 0 saturated heterocycles. The number of aromatic amines is 1. The van der Waals surface area contributed by atoms with Crippen LogP contribution in [0, 0.1) is 5.82 Å². The summed E-state index contributed by atoms with van der Waals surface area (Å²) in [5.74, 6) is -0.426. The fourth-order valence-corrected chi connectivity index (χ4v) is 2.31. The fraction of sp³-hybridized carbons (Fsp3) is 0.250. The van der Waals surface area contributed by atoms with Gasteiger partial charge < -0.3 is 5.32 Å². The predicted octanol–water partition coefficient (Wildman–Crippen LogP) is 2.73. The van der Waals surface area contributed by atoms with E-state index in [1.54, 1.807) is 6.07 Å². The fourth-order valence-electron chi connectivity index (χ4n) is 2.10. The first-order valence-corrected chi connectivity index (χ1v) is 5.87. The van der Waals surface area contributed by atoms with Gasteiger partial charge in [0.25, 0.3) is 0 Å².